The molecule has 18 heavy (non-hydrogen) atoms. The van der Waals surface area contributed by atoms with Gasteiger partial charge in [-0.15, -0.1) is 0 Å². The number of anilines is 1. The number of hydrogen-bond acceptors (Lipinski definition) is 4. The van der Waals surface area contributed by atoms with E-state index in [1.165, 1.54) is 19.3 Å². The molecule has 0 bridgehead atoms. The highest BCUT2D eigenvalue weighted by molar-refractivity contribution is 7.89. The maximum absolute atomic E-state index is 13.3. The van der Waals surface area contributed by atoms with Crippen molar-refractivity contribution in [2.75, 3.05) is 25.0 Å². The topological polar surface area (TPSA) is 62.3 Å². The van der Waals surface area contributed by atoms with Crippen molar-refractivity contribution in [3.63, 3.8) is 0 Å². The molecule has 1 fully saturated rings. The maximum Gasteiger partial charge on any atom is 0.241 e. The number of nitrogens with one attached hydrogen (secondary N) is 1. The smallest absolute Gasteiger partial charge is 0.241 e. The Morgan fingerprint density at radius 3 is 2.83 bits per heavy atom. The third-order valence-electron chi connectivity index (χ3n) is 2.99. The van der Waals surface area contributed by atoms with Crippen LogP contribution in [0, 0.1) is 0 Å². The highest BCUT2D eigenvalue weighted by Gasteiger charge is 2.20. The van der Waals surface area contributed by atoms with E-state index >= 15 is 0 Å². The molecule has 100 valence electrons. The summed E-state index contributed by atoms with van der Waals surface area (Å²) in [6, 6.07) is 3.10. The van der Waals surface area contributed by atoms with Crippen LogP contribution in [0.5, 0.6) is 0 Å². The highest BCUT2D eigenvalue weighted by atomic mass is 32.2. The van der Waals surface area contributed by atoms with Crippen LogP contribution in [0.3, 0.4) is 0 Å². The zero-order chi connectivity index (χ0) is 13.2. The molecule has 1 aliphatic heterocycles. The number of hydrogen-bond donors (Lipinski definition) is 1. The fourth-order valence-electron chi connectivity index (χ4n) is 1.97. The average molecular weight is 273 g/mol. The molecule has 2 rings (SSSR count). The van der Waals surface area contributed by atoms with E-state index in [1.54, 1.807) is 6.07 Å². The normalized spacial score (nSPS) is 21.0. The first kappa shape index (κ1) is 13.2. The molecule has 2 heterocycles. The summed E-state index contributed by atoms with van der Waals surface area (Å²) in [6.07, 6.45) is 1.84. The predicted octanol–water partition coefficient (Wildman–Crippen LogP) is 0.928. The van der Waals surface area contributed by atoms with Crippen LogP contribution in [0.4, 0.5) is 10.2 Å². The average Bonchev–Trinajstić information content (AvgIpc) is 2.39. The second-order valence-corrected chi connectivity index (χ2v) is 6.13. The maximum atomic E-state index is 13.3. The Labute approximate surface area is 106 Å². The zero-order valence-corrected chi connectivity index (χ0v) is 11.0. The van der Waals surface area contributed by atoms with Gasteiger partial charge in [-0.1, -0.05) is 0 Å². The van der Waals surface area contributed by atoms with E-state index < -0.39 is 16.2 Å². The van der Waals surface area contributed by atoms with Gasteiger partial charge in [-0.25, -0.2) is 22.5 Å². The Kier molecular flexibility index (Phi) is 3.82. The summed E-state index contributed by atoms with van der Waals surface area (Å²) in [4.78, 5) is 6.04. The van der Waals surface area contributed by atoms with E-state index in [2.05, 4.69) is 9.71 Å². The minimum Gasteiger partial charge on any atom is -0.354 e. The third kappa shape index (κ3) is 2.78. The molecule has 1 saturated heterocycles. The van der Waals surface area contributed by atoms with Crippen molar-refractivity contribution in [2.24, 2.45) is 0 Å². The molecule has 5 nitrogen and oxygen atoms in total. The molecule has 1 aliphatic rings. The first-order valence-corrected chi connectivity index (χ1v) is 7.30. The summed E-state index contributed by atoms with van der Waals surface area (Å²) in [5.74, 6) is 0.618. The van der Waals surface area contributed by atoms with Gasteiger partial charge in [0.1, 0.15) is 16.9 Å². The number of pyridine rings is 1. The number of halogens is 1. The molecule has 0 spiro atoms. The van der Waals surface area contributed by atoms with E-state index in [4.69, 9.17) is 0 Å². The highest BCUT2D eigenvalue weighted by Crippen LogP contribution is 2.20. The lowest BCUT2D eigenvalue weighted by Crippen LogP contribution is -2.36. The van der Waals surface area contributed by atoms with E-state index in [1.807, 2.05) is 4.90 Å². The fraction of sp³-hybridized carbons (Fsp3) is 0.545. The molecule has 1 atom stereocenters. The van der Waals surface area contributed by atoms with Crippen LogP contribution >= 0.6 is 0 Å². The summed E-state index contributed by atoms with van der Waals surface area (Å²) >= 11 is 0. The largest absolute Gasteiger partial charge is 0.354 e. The Hall–Kier alpha value is -1.21. The minimum atomic E-state index is -3.46. The Balaban J connectivity index is 2.17. The van der Waals surface area contributed by atoms with Gasteiger partial charge in [0.2, 0.25) is 10.0 Å². The van der Waals surface area contributed by atoms with E-state index in [0.29, 0.717) is 18.8 Å². The van der Waals surface area contributed by atoms with Crippen molar-refractivity contribution in [3.05, 3.63) is 18.3 Å². The van der Waals surface area contributed by atoms with Crippen LogP contribution in [0.15, 0.2) is 23.2 Å². The van der Waals surface area contributed by atoms with E-state index in [0.717, 1.165) is 13.0 Å². The number of rotatable bonds is 3. The number of piperidine rings is 1. The van der Waals surface area contributed by atoms with Gasteiger partial charge in [-0.2, -0.15) is 0 Å². The molecule has 7 heteroatoms. The summed E-state index contributed by atoms with van der Waals surface area (Å²) < 4.78 is 38.5. The van der Waals surface area contributed by atoms with Crippen LogP contribution in [0.25, 0.3) is 0 Å². The molecule has 0 amide bonds. The van der Waals surface area contributed by atoms with Crippen LogP contribution in [0.1, 0.15) is 12.8 Å². The standard InChI is InChI=1S/C11H16FN3O2S/c1-13-18(16,17)10-4-5-11(14-7-10)15-6-2-3-9(12)8-15/h4-5,7,9,13H,2-3,6,8H2,1H3. The first-order chi connectivity index (χ1) is 8.53. The number of alkyl halides is 1. The second kappa shape index (κ2) is 5.19. The third-order valence-corrected chi connectivity index (χ3v) is 4.39. The molecule has 1 aromatic heterocycles. The monoisotopic (exact) mass is 273 g/mol. The summed E-state index contributed by atoms with van der Waals surface area (Å²) in [6.45, 7) is 1.08. The molecule has 0 saturated carbocycles. The van der Waals surface area contributed by atoms with Crippen molar-refractivity contribution in [3.8, 4) is 0 Å². The minimum absolute atomic E-state index is 0.113. The quantitative estimate of drug-likeness (QED) is 0.890. The van der Waals surface area contributed by atoms with Crippen LogP contribution in [-0.4, -0.2) is 39.7 Å². The van der Waals surface area contributed by atoms with Gasteiger partial charge in [0.05, 0.1) is 6.54 Å². The van der Waals surface area contributed by atoms with Crippen LogP contribution < -0.4 is 9.62 Å². The SMILES string of the molecule is CNS(=O)(=O)c1ccc(N2CCCC(F)C2)nc1. The molecule has 1 aromatic rings. The van der Waals surface area contributed by atoms with Gasteiger partial charge in [-0.3, -0.25) is 0 Å². The van der Waals surface area contributed by atoms with Crippen LogP contribution in [-0.2, 0) is 10.0 Å². The van der Waals surface area contributed by atoms with Gasteiger partial charge in [-0.05, 0) is 32.0 Å². The van der Waals surface area contributed by atoms with Gasteiger partial charge >= 0.3 is 0 Å². The van der Waals surface area contributed by atoms with Crippen molar-refractivity contribution in [1.82, 2.24) is 9.71 Å². The van der Waals surface area contributed by atoms with E-state index in [9.17, 15) is 12.8 Å². The Morgan fingerprint density at radius 1 is 1.50 bits per heavy atom. The predicted molar refractivity (Wildman–Crippen MR) is 66.8 cm³/mol. The fourth-order valence-corrected chi connectivity index (χ4v) is 2.64. The molecule has 1 unspecified atom stereocenters. The summed E-state index contributed by atoms with van der Waals surface area (Å²) in [5.41, 5.74) is 0. The second-order valence-electron chi connectivity index (χ2n) is 4.25. The van der Waals surface area contributed by atoms with Crippen molar-refractivity contribution in [2.45, 2.75) is 23.9 Å². The lowest BCUT2D eigenvalue weighted by atomic mass is 10.1. The summed E-state index contributed by atoms with van der Waals surface area (Å²) in [5, 5.41) is 0. The van der Waals surface area contributed by atoms with Gasteiger partial charge < -0.3 is 4.90 Å². The molecule has 0 aliphatic carbocycles. The van der Waals surface area contributed by atoms with Crippen molar-refractivity contribution < 1.29 is 12.8 Å². The molecule has 0 aromatic carbocycles. The lowest BCUT2D eigenvalue weighted by molar-refractivity contribution is 0.286. The lowest BCUT2D eigenvalue weighted by Gasteiger charge is -2.29. The van der Waals surface area contributed by atoms with Gasteiger partial charge in [0.25, 0.3) is 0 Å². The van der Waals surface area contributed by atoms with Gasteiger partial charge in [0, 0.05) is 12.7 Å². The summed E-state index contributed by atoms with van der Waals surface area (Å²) in [7, 11) is -2.11. The van der Waals surface area contributed by atoms with Crippen LogP contribution in [0.2, 0.25) is 0 Å². The van der Waals surface area contributed by atoms with Crippen molar-refractivity contribution >= 4 is 15.8 Å². The molecular weight excluding hydrogens is 257 g/mol. The number of sulfonamides is 1. The van der Waals surface area contributed by atoms with Crippen molar-refractivity contribution in [1.29, 1.82) is 0 Å². The molecular formula is C11H16FN3O2S. The number of aromatic nitrogens is 1. The number of nitrogens with zero attached hydrogens (tertiary/aromatic N) is 2. The van der Waals surface area contributed by atoms with E-state index in [-0.39, 0.29) is 4.90 Å². The van der Waals surface area contributed by atoms with Gasteiger partial charge in [0.15, 0.2) is 0 Å². The first-order valence-electron chi connectivity index (χ1n) is 5.81. The zero-order valence-electron chi connectivity index (χ0n) is 10.1. The Morgan fingerprint density at radius 2 is 2.28 bits per heavy atom. The molecule has 1 N–H and O–H groups in total. The molecule has 0 radical (unpaired) electrons. The Bertz CT molecular complexity index is 504.